The molecule has 0 aliphatic heterocycles. The lowest BCUT2D eigenvalue weighted by Crippen LogP contribution is -2.36. The minimum Gasteiger partial charge on any atom is -0.478 e. The van der Waals surface area contributed by atoms with Crippen LogP contribution in [0, 0.1) is 11.6 Å². The van der Waals surface area contributed by atoms with E-state index in [1.54, 1.807) is 0 Å². The fourth-order valence-electron chi connectivity index (χ4n) is 1.52. The molecule has 1 unspecified atom stereocenters. The molecule has 0 bridgehead atoms. The monoisotopic (exact) mass is 288 g/mol. The molecule has 2 amide bonds. The number of aliphatic hydroxyl groups excluding tert-OH is 1. The lowest BCUT2D eigenvalue weighted by atomic mass is 10.1. The number of hydrogen-bond acceptors (Lipinski definition) is 3. The van der Waals surface area contributed by atoms with Crippen LogP contribution in [0.5, 0.6) is 0 Å². The van der Waals surface area contributed by atoms with Crippen molar-refractivity contribution in [3.8, 4) is 0 Å². The van der Waals surface area contributed by atoms with E-state index in [0.717, 1.165) is 4.90 Å². The molecule has 110 valence electrons. The fourth-order valence-corrected chi connectivity index (χ4v) is 1.52. The number of carboxylic acids is 1. The van der Waals surface area contributed by atoms with Crippen LogP contribution in [-0.2, 0) is 0 Å². The van der Waals surface area contributed by atoms with Crippen molar-refractivity contribution in [3.63, 3.8) is 0 Å². The number of anilines is 1. The Bertz CT molecular complexity index is 534. The molecule has 1 rings (SSSR count). The Morgan fingerprint density at radius 2 is 1.90 bits per heavy atom. The third kappa shape index (κ3) is 3.89. The van der Waals surface area contributed by atoms with Crippen LogP contribution in [0.4, 0.5) is 19.3 Å². The van der Waals surface area contributed by atoms with Gasteiger partial charge in [-0.1, -0.05) is 0 Å². The zero-order chi connectivity index (χ0) is 15.4. The number of carbonyl (C=O) groups excluding carboxylic acids is 1. The second-order valence-electron chi connectivity index (χ2n) is 4.28. The van der Waals surface area contributed by atoms with Gasteiger partial charge in [0.1, 0.15) is 0 Å². The van der Waals surface area contributed by atoms with Crippen LogP contribution in [0.2, 0.25) is 0 Å². The number of aromatic carboxylic acids is 1. The van der Waals surface area contributed by atoms with E-state index in [-0.39, 0.29) is 12.2 Å². The summed E-state index contributed by atoms with van der Waals surface area (Å²) in [6.07, 6.45) is -0.783. The van der Waals surface area contributed by atoms with Crippen LogP contribution in [0.15, 0.2) is 12.1 Å². The summed E-state index contributed by atoms with van der Waals surface area (Å²) in [5.74, 6) is -4.10. The Morgan fingerprint density at radius 3 is 2.40 bits per heavy atom. The zero-order valence-corrected chi connectivity index (χ0v) is 10.9. The first kappa shape index (κ1) is 15.8. The molecule has 1 aromatic carbocycles. The minimum absolute atomic E-state index is 0.00207. The van der Waals surface area contributed by atoms with E-state index >= 15 is 0 Å². The van der Waals surface area contributed by atoms with E-state index < -0.39 is 35.3 Å². The Kier molecular flexibility index (Phi) is 4.98. The summed E-state index contributed by atoms with van der Waals surface area (Å²) < 4.78 is 26.1. The van der Waals surface area contributed by atoms with Crippen molar-refractivity contribution >= 4 is 17.7 Å². The summed E-state index contributed by atoms with van der Waals surface area (Å²) in [6.45, 7) is 1.46. The highest BCUT2D eigenvalue weighted by atomic mass is 19.2. The molecule has 0 heterocycles. The summed E-state index contributed by atoms with van der Waals surface area (Å²) >= 11 is 0. The van der Waals surface area contributed by atoms with Gasteiger partial charge >= 0.3 is 12.0 Å². The highest BCUT2D eigenvalue weighted by Crippen LogP contribution is 2.20. The average molecular weight is 288 g/mol. The van der Waals surface area contributed by atoms with Gasteiger partial charge in [0.05, 0.1) is 17.4 Å². The number of hydrogen-bond donors (Lipinski definition) is 3. The predicted octanol–water partition coefficient (Wildman–Crippen LogP) is 1.51. The SMILES string of the molecule is CC(O)CN(C)C(=O)Nc1cc(F)c(F)cc1C(=O)O. The fraction of sp³-hybridized carbons (Fsp3) is 0.333. The van der Waals surface area contributed by atoms with E-state index in [0.29, 0.717) is 12.1 Å². The molecule has 0 spiro atoms. The molecular weight excluding hydrogens is 274 g/mol. The molecule has 0 saturated heterocycles. The Balaban J connectivity index is 2.99. The van der Waals surface area contributed by atoms with Crippen molar-refractivity contribution < 1.29 is 28.6 Å². The van der Waals surface area contributed by atoms with Gasteiger partial charge in [0.2, 0.25) is 0 Å². The molecule has 20 heavy (non-hydrogen) atoms. The summed E-state index contributed by atoms with van der Waals surface area (Å²) in [5.41, 5.74) is -0.929. The lowest BCUT2D eigenvalue weighted by Gasteiger charge is -2.20. The van der Waals surface area contributed by atoms with Crippen LogP contribution in [0.1, 0.15) is 17.3 Å². The Morgan fingerprint density at radius 1 is 1.35 bits per heavy atom. The van der Waals surface area contributed by atoms with Crippen molar-refractivity contribution in [2.45, 2.75) is 13.0 Å². The summed E-state index contributed by atoms with van der Waals surface area (Å²) in [7, 11) is 1.36. The van der Waals surface area contributed by atoms with Crippen molar-refractivity contribution in [3.05, 3.63) is 29.3 Å². The first-order valence-corrected chi connectivity index (χ1v) is 5.65. The minimum atomic E-state index is -1.50. The predicted molar refractivity (Wildman–Crippen MR) is 66.6 cm³/mol. The molecule has 0 aliphatic carbocycles. The van der Waals surface area contributed by atoms with Gasteiger partial charge in [0.25, 0.3) is 0 Å². The largest absolute Gasteiger partial charge is 0.478 e. The van der Waals surface area contributed by atoms with E-state index in [4.69, 9.17) is 10.2 Å². The second kappa shape index (κ2) is 6.29. The van der Waals surface area contributed by atoms with E-state index in [2.05, 4.69) is 5.32 Å². The lowest BCUT2D eigenvalue weighted by molar-refractivity contribution is 0.0697. The van der Waals surface area contributed by atoms with Crippen molar-refractivity contribution in [1.82, 2.24) is 4.90 Å². The number of nitrogens with zero attached hydrogens (tertiary/aromatic N) is 1. The number of nitrogens with one attached hydrogen (secondary N) is 1. The molecular formula is C12H14F2N2O4. The van der Waals surface area contributed by atoms with E-state index in [1.165, 1.54) is 14.0 Å². The number of rotatable bonds is 4. The smallest absolute Gasteiger partial charge is 0.337 e. The number of benzene rings is 1. The van der Waals surface area contributed by atoms with Gasteiger partial charge in [0.15, 0.2) is 11.6 Å². The quantitative estimate of drug-likeness (QED) is 0.783. The molecule has 1 atom stereocenters. The number of carboxylic acid groups (broad SMARTS) is 1. The standard InChI is InChI=1S/C12H14F2N2O4/c1-6(17)5-16(2)12(20)15-10-4-9(14)8(13)3-7(10)11(18)19/h3-4,6,17H,5H2,1-2H3,(H,15,20)(H,18,19). The molecule has 0 saturated carbocycles. The number of carbonyl (C=O) groups is 2. The second-order valence-corrected chi connectivity index (χ2v) is 4.28. The third-order valence-electron chi connectivity index (χ3n) is 2.42. The zero-order valence-electron chi connectivity index (χ0n) is 10.9. The molecule has 0 fully saturated rings. The van der Waals surface area contributed by atoms with Crippen molar-refractivity contribution in [1.29, 1.82) is 0 Å². The number of aliphatic hydroxyl groups is 1. The van der Waals surface area contributed by atoms with Crippen LogP contribution >= 0.6 is 0 Å². The van der Waals surface area contributed by atoms with Gasteiger partial charge in [-0.2, -0.15) is 0 Å². The van der Waals surface area contributed by atoms with Crippen LogP contribution in [-0.4, -0.2) is 46.8 Å². The topological polar surface area (TPSA) is 89.9 Å². The van der Waals surface area contributed by atoms with Gasteiger partial charge in [-0.15, -0.1) is 0 Å². The van der Waals surface area contributed by atoms with Gasteiger partial charge in [-0.25, -0.2) is 18.4 Å². The number of likely N-dealkylation sites (N-methyl/N-ethyl adjacent to an activating group) is 1. The number of halogens is 2. The average Bonchev–Trinajstić information content (AvgIpc) is 2.32. The van der Waals surface area contributed by atoms with Crippen LogP contribution in [0.25, 0.3) is 0 Å². The van der Waals surface area contributed by atoms with Gasteiger partial charge in [-0.05, 0) is 13.0 Å². The Hall–Kier alpha value is -2.22. The first-order chi connectivity index (χ1) is 9.22. The van der Waals surface area contributed by atoms with E-state index in [9.17, 15) is 18.4 Å². The molecule has 6 nitrogen and oxygen atoms in total. The van der Waals surface area contributed by atoms with Gasteiger partial charge in [-0.3, -0.25) is 0 Å². The maximum atomic E-state index is 13.1. The third-order valence-corrected chi connectivity index (χ3v) is 2.42. The summed E-state index contributed by atoms with van der Waals surface area (Å²) in [4.78, 5) is 23.7. The number of amides is 2. The maximum absolute atomic E-state index is 13.1. The Labute approximate surface area is 113 Å². The molecule has 8 heteroatoms. The van der Waals surface area contributed by atoms with Crippen LogP contribution in [0.3, 0.4) is 0 Å². The summed E-state index contributed by atoms with van der Waals surface area (Å²) in [5, 5.41) is 20.2. The van der Waals surface area contributed by atoms with Crippen molar-refractivity contribution in [2.24, 2.45) is 0 Å². The van der Waals surface area contributed by atoms with Crippen LogP contribution < -0.4 is 5.32 Å². The highest BCUT2D eigenvalue weighted by Gasteiger charge is 2.19. The maximum Gasteiger partial charge on any atom is 0.337 e. The van der Waals surface area contributed by atoms with Gasteiger partial charge in [0, 0.05) is 19.7 Å². The summed E-state index contributed by atoms with van der Waals surface area (Å²) in [6, 6.07) is 0.328. The van der Waals surface area contributed by atoms with E-state index in [1.807, 2.05) is 0 Å². The number of urea groups is 1. The molecule has 3 N–H and O–H groups in total. The normalized spacial score (nSPS) is 11.8. The molecule has 0 aromatic heterocycles. The molecule has 0 radical (unpaired) electrons. The molecule has 0 aliphatic rings. The highest BCUT2D eigenvalue weighted by molar-refractivity contribution is 6.00. The van der Waals surface area contributed by atoms with Gasteiger partial charge < -0.3 is 20.4 Å². The molecule has 1 aromatic rings. The van der Waals surface area contributed by atoms with Crippen molar-refractivity contribution in [2.75, 3.05) is 18.9 Å². The first-order valence-electron chi connectivity index (χ1n) is 5.65.